The van der Waals surface area contributed by atoms with Crippen LogP contribution in [0.25, 0.3) is 10.8 Å². The van der Waals surface area contributed by atoms with Crippen LogP contribution in [0.5, 0.6) is 11.5 Å². The van der Waals surface area contributed by atoms with E-state index in [-0.39, 0.29) is 33.8 Å². The van der Waals surface area contributed by atoms with E-state index in [0.717, 1.165) is 24.3 Å². The largest absolute Gasteiger partial charge is 0.423 e. The summed E-state index contributed by atoms with van der Waals surface area (Å²) < 4.78 is 64.7. The molecule has 0 amide bonds. The number of carbonyl (C=O) groups is 2. The average molecular weight is 468 g/mol. The molecule has 0 aromatic heterocycles. The summed E-state index contributed by atoms with van der Waals surface area (Å²) in [4.78, 5) is 24.8. The van der Waals surface area contributed by atoms with Crippen LogP contribution in [0, 0.1) is 37.1 Å². The molecule has 0 spiro atoms. The average Bonchev–Trinajstić information content (AvgIpc) is 2.81. The molecule has 4 aromatic carbocycles. The fraction of sp³-hybridized carbons (Fsp3) is 0.0769. The van der Waals surface area contributed by atoms with Crippen molar-refractivity contribution in [1.82, 2.24) is 0 Å². The Hall–Kier alpha value is -4.20. The summed E-state index contributed by atoms with van der Waals surface area (Å²) in [7, 11) is 0. The highest BCUT2D eigenvalue weighted by Crippen LogP contribution is 2.27. The molecule has 172 valence electrons. The van der Waals surface area contributed by atoms with E-state index in [1.54, 1.807) is 24.3 Å². The van der Waals surface area contributed by atoms with Gasteiger partial charge in [0.15, 0.2) is 23.3 Å². The van der Waals surface area contributed by atoms with Crippen LogP contribution in [-0.4, -0.2) is 11.9 Å². The molecule has 0 heterocycles. The molecule has 4 rings (SSSR count). The Morgan fingerprint density at radius 3 is 1.35 bits per heavy atom. The quantitative estimate of drug-likeness (QED) is 0.196. The third kappa shape index (κ3) is 4.34. The van der Waals surface area contributed by atoms with Gasteiger partial charge < -0.3 is 9.47 Å². The van der Waals surface area contributed by atoms with Gasteiger partial charge in [-0.15, -0.1) is 0 Å². The number of fused-ring (bicyclic) bond motifs is 1. The zero-order chi connectivity index (χ0) is 24.6. The highest BCUT2D eigenvalue weighted by Gasteiger charge is 2.19. The summed E-state index contributed by atoms with van der Waals surface area (Å²) >= 11 is 0. The predicted octanol–water partition coefficient (Wildman–Crippen LogP) is 6.45. The molecule has 0 unspecified atom stereocenters. The van der Waals surface area contributed by atoms with Crippen molar-refractivity contribution in [3.8, 4) is 11.5 Å². The molecule has 0 fully saturated rings. The third-order valence-corrected chi connectivity index (χ3v) is 5.32. The lowest BCUT2D eigenvalue weighted by Crippen LogP contribution is -2.12. The van der Waals surface area contributed by atoms with Crippen LogP contribution < -0.4 is 9.47 Å². The standard InChI is InChI=1S/C26H16F4O4/c1-13-19(7-9-21(27)23(13)29)25(31)33-17-5-3-16-12-18(6-4-15(16)11-17)34-26(32)20-8-10-22(28)24(30)14(20)2/h3-12H,1-2H3. The van der Waals surface area contributed by atoms with Crippen molar-refractivity contribution in [3.05, 3.63) is 106 Å². The number of hydrogen-bond acceptors (Lipinski definition) is 4. The molecule has 0 N–H and O–H groups in total. The maximum atomic E-state index is 13.7. The Morgan fingerprint density at radius 1 is 0.588 bits per heavy atom. The maximum absolute atomic E-state index is 13.7. The first-order chi connectivity index (χ1) is 16.2. The summed E-state index contributed by atoms with van der Waals surface area (Å²) in [6, 6.07) is 13.3. The highest BCUT2D eigenvalue weighted by atomic mass is 19.2. The number of carbonyl (C=O) groups excluding carboxylic acids is 2. The van der Waals surface area contributed by atoms with E-state index in [2.05, 4.69) is 0 Å². The van der Waals surface area contributed by atoms with Gasteiger partial charge in [0.05, 0.1) is 11.1 Å². The smallest absolute Gasteiger partial charge is 0.343 e. The van der Waals surface area contributed by atoms with Gasteiger partial charge in [-0.2, -0.15) is 0 Å². The van der Waals surface area contributed by atoms with Gasteiger partial charge in [0.2, 0.25) is 0 Å². The molecule has 0 aliphatic heterocycles. The zero-order valence-electron chi connectivity index (χ0n) is 17.9. The minimum Gasteiger partial charge on any atom is -0.423 e. The van der Waals surface area contributed by atoms with Crippen molar-refractivity contribution >= 4 is 22.7 Å². The SMILES string of the molecule is Cc1c(C(=O)Oc2ccc3cc(OC(=O)c4ccc(F)c(F)c4C)ccc3c2)ccc(F)c1F. The molecule has 34 heavy (non-hydrogen) atoms. The van der Waals surface area contributed by atoms with Gasteiger partial charge in [-0.25, -0.2) is 27.2 Å². The predicted molar refractivity (Wildman–Crippen MR) is 116 cm³/mol. The fourth-order valence-corrected chi connectivity index (χ4v) is 3.40. The fourth-order valence-electron chi connectivity index (χ4n) is 3.40. The molecular formula is C26H16F4O4. The molecule has 0 atom stereocenters. The molecule has 8 heteroatoms. The first-order valence-electron chi connectivity index (χ1n) is 10.0. The van der Waals surface area contributed by atoms with Crippen LogP contribution in [0.1, 0.15) is 31.8 Å². The lowest BCUT2D eigenvalue weighted by Gasteiger charge is -2.10. The maximum Gasteiger partial charge on any atom is 0.343 e. The van der Waals surface area contributed by atoms with Gasteiger partial charge in [0.25, 0.3) is 0 Å². The molecule has 4 aromatic rings. The van der Waals surface area contributed by atoms with Crippen molar-refractivity contribution in [3.63, 3.8) is 0 Å². The van der Waals surface area contributed by atoms with Gasteiger partial charge in [-0.1, -0.05) is 12.1 Å². The van der Waals surface area contributed by atoms with Crippen molar-refractivity contribution < 1.29 is 36.6 Å². The number of hydrogen-bond donors (Lipinski definition) is 0. The molecule has 0 aliphatic carbocycles. The molecule has 4 nitrogen and oxygen atoms in total. The number of benzene rings is 4. The summed E-state index contributed by atoms with van der Waals surface area (Å²) in [5.41, 5.74) is -0.524. The van der Waals surface area contributed by atoms with E-state index in [1.807, 2.05) is 0 Å². The second-order valence-corrected chi connectivity index (χ2v) is 7.52. The zero-order valence-corrected chi connectivity index (χ0v) is 17.9. The van der Waals surface area contributed by atoms with Crippen LogP contribution in [0.15, 0.2) is 60.7 Å². The van der Waals surface area contributed by atoms with E-state index in [0.29, 0.717) is 10.8 Å². The van der Waals surface area contributed by atoms with E-state index < -0.39 is 35.2 Å². The normalized spacial score (nSPS) is 10.9. The monoisotopic (exact) mass is 468 g/mol. The number of rotatable bonds is 4. The van der Waals surface area contributed by atoms with Crippen LogP contribution in [0.2, 0.25) is 0 Å². The van der Waals surface area contributed by atoms with E-state index in [1.165, 1.54) is 26.0 Å². The van der Waals surface area contributed by atoms with Gasteiger partial charge in [-0.3, -0.25) is 0 Å². The molecule has 0 bridgehead atoms. The Morgan fingerprint density at radius 2 is 0.971 bits per heavy atom. The number of halogens is 4. The summed E-state index contributed by atoms with van der Waals surface area (Å²) in [5, 5.41) is 1.27. The lowest BCUT2D eigenvalue weighted by atomic mass is 10.1. The minimum absolute atomic E-state index is 0.103. The van der Waals surface area contributed by atoms with Crippen molar-refractivity contribution in [2.75, 3.05) is 0 Å². The van der Waals surface area contributed by atoms with Gasteiger partial charge in [-0.05, 0) is 73.2 Å². The Balaban J connectivity index is 1.53. The van der Waals surface area contributed by atoms with Crippen LogP contribution >= 0.6 is 0 Å². The summed E-state index contributed by atoms with van der Waals surface area (Å²) in [5.74, 6) is -5.70. The van der Waals surface area contributed by atoms with E-state index in [9.17, 15) is 27.2 Å². The van der Waals surface area contributed by atoms with E-state index in [4.69, 9.17) is 9.47 Å². The van der Waals surface area contributed by atoms with Crippen molar-refractivity contribution in [1.29, 1.82) is 0 Å². The Bertz CT molecular complexity index is 1350. The van der Waals surface area contributed by atoms with Crippen molar-refractivity contribution in [2.45, 2.75) is 13.8 Å². The number of ether oxygens (including phenoxy) is 2. The molecule has 0 saturated carbocycles. The third-order valence-electron chi connectivity index (χ3n) is 5.32. The van der Waals surface area contributed by atoms with Crippen LogP contribution in [-0.2, 0) is 0 Å². The molecule has 0 aliphatic rings. The Labute approximate surface area is 191 Å². The van der Waals surface area contributed by atoms with Crippen LogP contribution in [0.3, 0.4) is 0 Å². The first kappa shape index (κ1) is 23.0. The molecular weight excluding hydrogens is 452 g/mol. The minimum atomic E-state index is -1.12. The van der Waals surface area contributed by atoms with Crippen LogP contribution in [0.4, 0.5) is 17.6 Å². The lowest BCUT2D eigenvalue weighted by molar-refractivity contribution is 0.0723. The van der Waals surface area contributed by atoms with Gasteiger partial charge in [0.1, 0.15) is 11.5 Å². The first-order valence-corrected chi connectivity index (χ1v) is 10.0. The number of esters is 2. The topological polar surface area (TPSA) is 52.6 Å². The Kier molecular flexibility index (Phi) is 6.06. The highest BCUT2D eigenvalue weighted by molar-refractivity contribution is 5.95. The molecule has 0 saturated heterocycles. The second-order valence-electron chi connectivity index (χ2n) is 7.52. The summed E-state index contributed by atoms with van der Waals surface area (Å²) in [6.07, 6.45) is 0. The van der Waals surface area contributed by atoms with Crippen molar-refractivity contribution in [2.24, 2.45) is 0 Å². The van der Waals surface area contributed by atoms with Gasteiger partial charge in [0, 0.05) is 11.1 Å². The molecule has 0 radical (unpaired) electrons. The van der Waals surface area contributed by atoms with E-state index >= 15 is 0 Å². The van der Waals surface area contributed by atoms with Gasteiger partial charge >= 0.3 is 11.9 Å². The summed E-state index contributed by atoms with van der Waals surface area (Å²) in [6.45, 7) is 2.56. The second kappa shape index (κ2) is 8.97.